The summed E-state index contributed by atoms with van der Waals surface area (Å²) in [7, 11) is -1.96. The van der Waals surface area contributed by atoms with E-state index in [1.54, 1.807) is 0 Å². The molecule has 5 rings (SSSR count). The van der Waals surface area contributed by atoms with Crippen LogP contribution in [0.25, 0.3) is 0 Å². The number of fused-ring (bicyclic) bond motifs is 4. The van der Waals surface area contributed by atoms with Gasteiger partial charge in [0.05, 0.1) is 10.4 Å². The van der Waals surface area contributed by atoms with Crippen molar-refractivity contribution in [2.24, 2.45) is 0 Å². The lowest BCUT2D eigenvalue weighted by Crippen LogP contribution is -2.99. The maximum atomic E-state index is 4.21. The molecule has 0 saturated carbocycles. The average Bonchev–Trinajstić information content (AvgIpc) is 2.58. The fraction of sp³-hybridized carbons (Fsp3) is 1.00. The Labute approximate surface area is 175 Å². The van der Waals surface area contributed by atoms with Gasteiger partial charge in [0.15, 0.2) is 58.3 Å². The first-order valence-corrected chi connectivity index (χ1v) is 26.7. The van der Waals surface area contributed by atoms with Gasteiger partial charge in [-0.1, -0.05) is 0 Å². The zero-order chi connectivity index (χ0) is 17.1. The summed E-state index contributed by atoms with van der Waals surface area (Å²) in [5.74, 6) is 0. The van der Waals surface area contributed by atoms with Gasteiger partial charge in [0, 0.05) is 0 Å². The fourth-order valence-electron chi connectivity index (χ4n) is 4.91. The summed E-state index contributed by atoms with van der Waals surface area (Å²) in [5.41, 5.74) is 0. The topological polar surface area (TPSA) is 79.6 Å². The van der Waals surface area contributed by atoms with E-state index < -0.39 is 46.2 Å². The van der Waals surface area contributed by atoms with Gasteiger partial charge in [0.1, 0.15) is 9.84 Å². The number of rotatable bonds is 1. The standard InChI is InChI=1S/C2H31N11Si12/c1-3-22-7-17-11-23-5-15-4-21(2)6-16-9(23)19-13-24-8(14)18-10(24)20-12(22)25(11)13/h3-7,21-25H,15-20H2,1-2,14H3. The Morgan fingerprint density at radius 3 is 2.52 bits per heavy atom. The van der Waals surface area contributed by atoms with Gasteiger partial charge in [0.25, 0.3) is 0 Å². The summed E-state index contributed by atoms with van der Waals surface area (Å²) in [4.78, 5) is 3.76. The van der Waals surface area contributed by atoms with Gasteiger partial charge >= 0.3 is 0 Å². The Kier molecular flexibility index (Phi) is 5.95. The van der Waals surface area contributed by atoms with Crippen LogP contribution in [0, 0.1) is 0 Å². The van der Waals surface area contributed by atoms with Crippen molar-refractivity contribution in [2.75, 3.05) is 7.05 Å². The first-order chi connectivity index (χ1) is 12.2. The van der Waals surface area contributed by atoms with Gasteiger partial charge in [-0.25, -0.2) is 0 Å². The lowest BCUT2D eigenvalue weighted by Gasteiger charge is -2.69. The third-order valence-corrected chi connectivity index (χ3v) is 52.6. The van der Waals surface area contributed by atoms with E-state index >= 15 is 0 Å². The van der Waals surface area contributed by atoms with E-state index in [-0.39, 0.29) is 59.1 Å². The third-order valence-electron chi connectivity index (χ3n) is 6.03. The summed E-state index contributed by atoms with van der Waals surface area (Å²) < 4.78 is 35.2. The van der Waals surface area contributed by atoms with Gasteiger partial charge in [0.2, 0.25) is 37.1 Å². The predicted octanol–water partition coefficient (Wildman–Crippen LogP) is -13.6. The number of nitrogens with one attached hydrogen (secondary N) is 5. The van der Waals surface area contributed by atoms with Crippen molar-refractivity contribution in [1.29, 1.82) is 0 Å². The molecule has 5 aliphatic rings. The summed E-state index contributed by atoms with van der Waals surface area (Å²) >= 11 is 0. The highest BCUT2D eigenvalue weighted by atomic mass is 28.6. The molecule has 5 atom stereocenters. The molecule has 5 heterocycles. The second-order valence-corrected chi connectivity index (χ2v) is 48.8. The van der Waals surface area contributed by atoms with Crippen molar-refractivity contribution in [2.45, 2.75) is 6.55 Å². The number of hydrogen-bond donors (Lipinski definition) is 5. The maximum Gasteiger partial charge on any atom is 0.249 e. The second-order valence-electron chi connectivity index (χ2n) is 7.69. The molecule has 142 valence electrons. The van der Waals surface area contributed by atoms with Crippen LogP contribution in [0.15, 0.2) is 0 Å². The molecule has 5 unspecified atom stereocenters. The molecule has 25 heavy (non-hydrogen) atoms. The molecule has 0 aliphatic carbocycles. The minimum atomic E-state index is -1.01. The quantitative estimate of drug-likeness (QED) is 0.204. The molecule has 5 fully saturated rings. The Morgan fingerprint density at radius 2 is 1.72 bits per heavy atom. The molecule has 5 N–H and O–H groups in total. The molecule has 0 aromatic rings. The highest BCUT2D eigenvalue weighted by Crippen LogP contribution is 2.27. The Balaban J connectivity index is 1.46. The van der Waals surface area contributed by atoms with Crippen LogP contribution in [-0.4, -0.2) is 146 Å². The highest BCUT2D eigenvalue weighted by Gasteiger charge is 2.59. The first kappa shape index (κ1) is 19.1. The van der Waals surface area contributed by atoms with Crippen LogP contribution in [-0.2, 0) is 0 Å². The Hall–Kier alpha value is 2.16. The lowest BCUT2D eigenvalue weighted by atomic mass is 11.6. The molecule has 0 bridgehead atoms. The summed E-state index contributed by atoms with van der Waals surface area (Å²) in [6, 6.07) is 0. The minimum absolute atomic E-state index is 0.0252. The van der Waals surface area contributed by atoms with Crippen molar-refractivity contribution in [3.63, 3.8) is 0 Å². The molecule has 0 spiro atoms. The van der Waals surface area contributed by atoms with Crippen LogP contribution < -0.4 is 23.6 Å². The van der Waals surface area contributed by atoms with Crippen LogP contribution in [0.2, 0.25) is 6.55 Å². The second kappa shape index (κ2) is 7.77. The summed E-state index contributed by atoms with van der Waals surface area (Å²) in [5, 5.41) is 0. The van der Waals surface area contributed by atoms with Gasteiger partial charge in [-0.3, -0.25) is 0 Å². The molecule has 0 amide bonds. The lowest BCUT2D eigenvalue weighted by molar-refractivity contribution is 0.544. The largest absolute Gasteiger partial charge is 0.348 e. The van der Waals surface area contributed by atoms with E-state index in [0.717, 1.165) is 0 Å². The van der Waals surface area contributed by atoms with E-state index in [9.17, 15) is 0 Å². The van der Waals surface area contributed by atoms with E-state index in [1.807, 2.05) is 0 Å². The SMILES string of the molecule is CN[SiH]1N[SiH2]N2[SiH]3N[SiH2]N[SiH](C)N[SiH2]N3[SiH2]N3[SiH]4N([SiH3])[SiH2]N4[SiH2]N1[SiH]23. The van der Waals surface area contributed by atoms with Crippen LogP contribution in [0.4, 0.5) is 0 Å². The predicted molar refractivity (Wildman–Crippen MR) is 135 cm³/mol. The van der Waals surface area contributed by atoms with E-state index in [2.05, 4.69) is 60.5 Å². The van der Waals surface area contributed by atoms with Crippen LogP contribution >= 0.6 is 0 Å². The molecule has 0 aromatic heterocycles. The van der Waals surface area contributed by atoms with Crippen molar-refractivity contribution >= 4 is 116 Å². The number of nitrogens with zero attached hydrogens (tertiary/aromatic N) is 6. The minimum Gasteiger partial charge on any atom is -0.348 e. The zero-order valence-electron chi connectivity index (χ0n) is 15.3. The van der Waals surface area contributed by atoms with Crippen LogP contribution in [0.3, 0.4) is 0 Å². The monoisotopic (exact) mass is 545 g/mol. The normalized spacial score (nSPS) is 50.9. The van der Waals surface area contributed by atoms with Crippen molar-refractivity contribution in [3.05, 3.63) is 0 Å². The molecule has 5 saturated heterocycles. The Bertz CT molecular complexity index is 513. The molecule has 0 radical (unpaired) electrons. The maximum absolute atomic E-state index is 4.21. The first-order valence-electron chi connectivity index (χ1n) is 9.24. The van der Waals surface area contributed by atoms with Gasteiger partial charge in [-0.2, -0.15) is 0 Å². The van der Waals surface area contributed by atoms with Crippen LogP contribution in [0.1, 0.15) is 0 Å². The molecular formula is C2H31N11Si12. The van der Waals surface area contributed by atoms with E-state index in [0.29, 0.717) is 0 Å². The molecular weight excluding hydrogens is 515 g/mol. The Morgan fingerprint density at radius 1 is 0.880 bits per heavy atom. The smallest absolute Gasteiger partial charge is 0.249 e. The van der Waals surface area contributed by atoms with E-state index in [1.165, 1.54) is 10.4 Å². The molecule has 23 heteroatoms. The summed E-state index contributed by atoms with van der Waals surface area (Å²) in [6.07, 6.45) is 0. The third kappa shape index (κ3) is 3.29. The highest BCUT2D eigenvalue weighted by molar-refractivity contribution is 7.08. The molecule has 0 aromatic carbocycles. The van der Waals surface area contributed by atoms with Gasteiger partial charge < -0.3 is 47.0 Å². The molecule has 11 nitrogen and oxygen atoms in total. The summed E-state index contributed by atoms with van der Waals surface area (Å²) in [6.45, 7) is 2.45. The van der Waals surface area contributed by atoms with Crippen molar-refractivity contribution in [1.82, 2.24) is 47.0 Å². The van der Waals surface area contributed by atoms with Crippen LogP contribution in [0.5, 0.6) is 0 Å². The van der Waals surface area contributed by atoms with Crippen molar-refractivity contribution in [3.8, 4) is 0 Å². The van der Waals surface area contributed by atoms with Crippen molar-refractivity contribution < 1.29 is 0 Å². The number of hydrogen-bond acceptors (Lipinski definition) is 11. The average molecular weight is 546 g/mol. The fourth-order valence-corrected chi connectivity index (χ4v) is 95.3. The molecule has 5 aliphatic heterocycles. The van der Waals surface area contributed by atoms with E-state index in [4.69, 9.17) is 0 Å². The zero-order valence-corrected chi connectivity index (χ0v) is 31.6. The van der Waals surface area contributed by atoms with Gasteiger partial charge in [-0.15, -0.1) is 0 Å². The van der Waals surface area contributed by atoms with Gasteiger partial charge in [-0.05, 0) is 13.6 Å².